The monoisotopic (exact) mass is 280 g/mol. The van der Waals surface area contributed by atoms with Crippen LogP contribution in [0.3, 0.4) is 0 Å². The molecule has 4 heteroatoms. The Bertz CT molecular complexity index is 749. The van der Waals surface area contributed by atoms with Gasteiger partial charge in [-0.05, 0) is 23.3 Å². The molecule has 0 aliphatic carbocycles. The summed E-state index contributed by atoms with van der Waals surface area (Å²) in [5.41, 5.74) is 1.15. The molecule has 2 heterocycles. The van der Waals surface area contributed by atoms with E-state index in [0.29, 0.717) is 0 Å². The second-order valence-electron chi connectivity index (χ2n) is 5.23. The molecule has 0 saturated carbocycles. The summed E-state index contributed by atoms with van der Waals surface area (Å²) in [5, 5.41) is 2.41. The van der Waals surface area contributed by atoms with Gasteiger partial charge in [0.25, 0.3) is 0 Å². The molecule has 3 aromatic rings. The average Bonchev–Trinajstić information content (AvgIpc) is 3.15. The van der Waals surface area contributed by atoms with Gasteiger partial charge in [0.2, 0.25) is 0 Å². The van der Waals surface area contributed by atoms with Crippen LogP contribution in [-0.4, -0.2) is 15.8 Å². The van der Waals surface area contributed by atoms with Gasteiger partial charge >= 0.3 is 0 Å². The maximum Gasteiger partial charge on any atom is 0.168 e. The number of hydrogen-bond acceptors (Lipinski definition) is 3. The van der Waals surface area contributed by atoms with Crippen LogP contribution in [0.2, 0.25) is 0 Å². The van der Waals surface area contributed by atoms with E-state index < -0.39 is 0 Å². The first-order valence-electron chi connectivity index (χ1n) is 7.09. The predicted molar refractivity (Wildman–Crippen MR) is 79.6 cm³/mol. The minimum atomic E-state index is -0.235. The second-order valence-corrected chi connectivity index (χ2v) is 5.23. The smallest absolute Gasteiger partial charge is 0.168 e. The summed E-state index contributed by atoms with van der Waals surface area (Å²) in [5.74, 6) is 0. The number of fused-ring (bicyclic) bond motifs is 1. The average molecular weight is 280 g/mol. The number of ether oxygens (including phenoxy) is 2. The summed E-state index contributed by atoms with van der Waals surface area (Å²) in [6.07, 6.45) is 4.87. The minimum Gasteiger partial charge on any atom is -0.340 e. The largest absolute Gasteiger partial charge is 0.340 e. The van der Waals surface area contributed by atoms with Crippen molar-refractivity contribution in [2.24, 2.45) is 0 Å². The van der Waals surface area contributed by atoms with Crippen molar-refractivity contribution in [2.45, 2.75) is 25.5 Å². The summed E-state index contributed by atoms with van der Waals surface area (Å²) < 4.78 is 13.9. The van der Waals surface area contributed by atoms with Crippen molar-refractivity contribution in [3.63, 3.8) is 0 Å². The molecule has 106 valence electrons. The van der Waals surface area contributed by atoms with E-state index in [9.17, 15) is 0 Å². The third-order valence-electron chi connectivity index (χ3n) is 3.88. The highest BCUT2D eigenvalue weighted by Crippen LogP contribution is 2.41. The zero-order valence-electron chi connectivity index (χ0n) is 11.7. The highest BCUT2D eigenvalue weighted by Gasteiger charge is 2.36. The number of rotatable bonds is 2. The molecule has 1 aliphatic heterocycles. The fraction of sp³-hybridized carbons (Fsp3) is 0.235. The lowest BCUT2D eigenvalue weighted by molar-refractivity contribution is -0.0608. The maximum atomic E-state index is 6.02. The lowest BCUT2D eigenvalue weighted by atomic mass is 9.99. The predicted octanol–water partition coefficient (Wildman–Crippen LogP) is 3.67. The van der Waals surface area contributed by atoms with Crippen LogP contribution in [-0.2, 0) is 9.47 Å². The normalized spacial score (nSPS) is 25.5. The first kappa shape index (κ1) is 12.6. The molecule has 21 heavy (non-hydrogen) atoms. The molecule has 0 amide bonds. The zero-order valence-corrected chi connectivity index (χ0v) is 11.7. The first-order valence-corrected chi connectivity index (χ1v) is 7.09. The van der Waals surface area contributed by atoms with E-state index in [0.717, 1.165) is 5.56 Å². The number of imidazole rings is 1. The van der Waals surface area contributed by atoms with Crippen LogP contribution in [0, 0.1) is 0 Å². The van der Waals surface area contributed by atoms with Gasteiger partial charge in [-0.3, -0.25) is 0 Å². The Morgan fingerprint density at radius 1 is 1.05 bits per heavy atom. The Hall–Kier alpha value is -2.17. The molecule has 2 aromatic carbocycles. The first-order chi connectivity index (χ1) is 10.3. The van der Waals surface area contributed by atoms with Crippen LogP contribution < -0.4 is 0 Å². The third-order valence-corrected chi connectivity index (χ3v) is 3.88. The van der Waals surface area contributed by atoms with Crippen molar-refractivity contribution in [1.29, 1.82) is 0 Å². The van der Waals surface area contributed by atoms with Gasteiger partial charge in [-0.15, -0.1) is 0 Å². The Balaban J connectivity index is 1.83. The van der Waals surface area contributed by atoms with Gasteiger partial charge in [0, 0.05) is 12.4 Å². The van der Waals surface area contributed by atoms with Crippen molar-refractivity contribution in [3.05, 3.63) is 66.7 Å². The van der Waals surface area contributed by atoms with Crippen molar-refractivity contribution >= 4 is 10.8 Å². The van der Waals surface area contributed by atoms with Gasteiger partial charge < -0.3 is 14.0 Å². The van der Waals surface area contributed by atoms with Gasteiger partial charge in [0.15, 0.2) is 12.5 Å². The van der Waals surface area contributed by atoms with Gasteiger partial charge in [0.05, 0.1) is 6.33 Å². The Kier molecular flexibility index (Phi) is 2.98. The molecule has 4 rings (SSSR count). The number of hydrogen-bond donors (Lipinski definition) is 0. The van der Waals surface area contributed by atoms with Crippen LogP contribution in [0.5, 0.6) is 0 Å². The van der Waals surface area contributed by atoms with Gasteiger partial charge in [-0.1, -0.05) is 42.5 Å². The van der Waals surface area contributed by atoms with Gasteiger partial charge in [0.1, 0.15) is 6.10 Å². The van der Waals surface area contributed by atoms with E-state index in [1.165, 1.54) is 10.8 Å². The van der Waals surface area contributed by atoms with Crippen molar-refractivity contribution < 1.29 is 9.47 Å². The molecule has 4 nitrogen and oxygen atoms in total. The summed E-state index contributed by atoms with van der Waals surface area (Å²) in [7, 11) is 0. The zero-order chi connectivity index (χ0) is 14.2. The van der Waals surface area contributed by atoms with Crippen LogP contribution in [0.4, 0.5) is 0 Å². The van der Waals surface area contributed by atoms with Crippen molar-refractivity contribution in [2.75, 3.05) is 0 Å². The SMILES string of the molecule is CC1OC(c2cccc3ccccc23)C(n2ccnc2)O1. The summed E-state index contributed by atoms with van der Waals surface area (Å²) in [6, 6.07) is 14.6. The van der Waals surface area contributed by atoms with E-state index in [2.05, 4.69) is 41.4 Å². The van der Waals surface area contributed by atoms with Crippen LogP contribution in [0.25, 0.3) is 10.8 Å². The van der Waals surface area contributed by atoms with Gasteiger partial charge in [-0.25, -0.2) is 4.98 Å². The maximum absolute atomic E-state index is 6.02. The Labute approximate surface area is 122 Å². The molecule has 1 saturated heterocycles. The molecule has 3 unspecified atom stereocenters. The quantitative estimate of drug-likeness (QED) is 0.718. The molecule has 1 aliphatic rings. The number of nitrogens with zero attached hydrogens (tertiary/aromatic N) is 2. The van der Waals surface area contributed by atoms with Crippen LogP contribution >= 0.6 is 0 Å². The molecule has 0 radical (unpaired) electrons. The lowest BCUT2D eigenvalue weighted by Crippen LogP contribution is -2.13. The molecular formula is C17H16N2O2. The molecule has 3 atom stereocenters. The van der Waals surface area contributed by atoms with E-state index in [1.54, 1.807) is 12.5 Å². The van der Waals surface area contributed by atoms with Crippen molar-refractivity contribution in [1.82, 2.24) is 9.55 Å². The standard InChI is InChI=1S/C17H16N2O2/c1-12-20-16(17(21-12)19-10-9-18-11-19)15-8-4-6-13-5-2-3-7-14(13)15/h2-12,16-17H,1H3. The van der Waals surface area contributed by atoms with Crippen molar-refractivity contribution in [3.8, 4) is 0 Å². The van der Waals surface area contributed by atoms with Crippen LogP contribution in [0.15, 0.2) is 61.2 Å². The van der Waals surface area contributed by atoms with E-state index in [-0.39, 0.29) is 18.6 Å². The Morgan fingerprint density at radius 3 is 2.76 bits per heavy atom. The fourth-order valence-corrected chi connectivity index (χ4v) is 2.95. The van der Waals surface area contributed by atoms with E-state index in [1.807, 2.05) is 23.8 Å². The molecule has 0 N–H and O–H groups in total. The highest BCUT2D eigenvalue weighted by atomic mass is 16.7. The minimum absolute atomic E-state index is 0.139. The third kappa shape index (κ3) is 2.13. The molecular weight excluding hydrogens is 264 g/mol. The number of aromatic nitrogens is 2. The Morgan fingerprint density at radius 2 is 1.90 bits per heavy atom. The van der Waals surface area contributed by atoms with Gasteiger partial charge in [-0.2, -0.15) is 0 Å². The molecule has 0 spiro atoms. The topological polar surface area (TPSA) is 36.3 Å². The highest BCUT2D eigenvalue weighted by molar-refractivity contribution is 5.86. The summed E-state index contributed by atoms with van der Waals surface area (Å²) in [6.45, 7) is 1.93. The molecule has 0 bridgehead atoms. The van der Waals surface area contributed by atoms with E-state index >= 15 is 0 Å². The van der Waals surface area contributed by atoms with Crippen LogP contribution in [0.1, 0.15) is 24.8 Å². The summed E-state index contributed by atoms with van der Waals surface area (Å²) >= 11 is 0. The molecule has 1 aromatic heterocycles. The number of benzene rings is 2. The molecule has 1 fully saturated rings. The summed E-state index contributed by atoms with van der Waals surface area (Å²) in [4.78, 5) is 4.11. The fourth-order valence-electron chi connectivity index (χ4n) is 2.95. The van der Waals surface area contributed by atoms with E-state index in [4.69, 9.17) is 9.47 Å². The lowest BCUT2D eigenvalue weighted by Gasteiger charge is -2.19. The second kappa shape index (κ2) is 4.98.